The van der Waals surface area contributed by atoms with E-state index in [0.717, 1.165) is 54.9 Å². The number of benzene rings is 2. The lowest BCUT2D eigenvalue weighted by molar-refractivity contribution is 0.0630. The van der Waals surface area contributed by atoms with Crippen LogP contribution in [0.2, 0.25) is 0 Å². The zero-order valence-electron chi connectivity index (χ0n) is 16.0. The first kappa shape index (κ1) is 17.7. The molecule has 4 nitrogen and oxygen atoms in total. The highest BCUT2D eigenvalue weighted by molar-refractivity contribution is 6.06. The summed E-state index contributed by atoms with van der Waals surface area (Å²) in [5.41, 5.74) is 5.24. The number of para-hydroxylation sites is 1. The van der Waals surface area contributed by atoms with Crippen molar-refractivity contribution < 1.29 is 4.79 Å². The standard InChI is InChI=1S/C23H25N3O/c1-17-7-3-4-8-19(17)16-25-11-13-26(14-12-25)23(27)21-15-18(2)24-22-10-6-5-9-20(21)22/h3-10,15H,11-14,16H2,1-2H3. The van der Waals surface area contributed by atoms with Gasteiger partial charge in [-0.3, -0.25) is 14.7 Å². The Kier molecular flexibility index (Phi) is 4.90. The fourth-order valence-electron chi connectivity index (χ4n) is 3.79. The van der Waals surface area contributed by atoms with Crippen LogP contribution in [-0.4, -0.2) is 46.9 Å². The van der Waals surface area contributed by atoms with Crippen molar-refractivity contribution in [2.45, 2.75) is 20.4 Å². The average molecular weight is 359 g/mol. The molecule has 1 aliphatic rings. The van der Waals surface area contributed by atoms with Gasteiger partial charge in [0.1, 0.15) is 0 Å². The number of aryl methyl sites for hydroxylation is 2. The molecule has 0 radical (unpaired) electrons. The van der Waals surface area contributed by atoms with Crippen LogP contribution in [0.1, 0.15) is 27.2 Å². The summed E-state index contributed by atoms with van der Waals surface area (Å²) < 4.78 is 0. The first-order chi connectivity index (χ1) is 13.1. The maximum atomic E-state index is 13.2. The number of carbonyl (C=O) groups excluding carboxylic acids is 1. The molecule has 1 aliphatic heterocycles. The van der Waals surface area contributed by atoms with Gasteiger partial charge in [-0.05, 0) is 37.1 Å². The minimum absolute atomic E-state index is 0.118. The van der Waals surface area contributed by atoms with Crippen molar-refractivity contribution in [3.63, 3.8) is 0 Å². The van der Waals surface area contributed by atoms with Crippen molar-refractivity contribution in [1.82, 2.24) is 14.8 Å². The number of aromatic nitrogens is 1. The number of fused-ring (bicyclic) bond motifs is 1. The predicted molar refractivity (Wildman–Crippen MR) is 109 cm³/mol. The van der Waals surface area contributed by atoms with E-state index in [1.807, 2.05) is 42.2 Å². The smallest absolute Gasteiger partial charge is 0.254 e. The van der Waals surface area contributed by atoms with E-state index in [2.05, 4.69) is 41.1 Å². The van der Waals surface area contributed by atoms with E-state index in [-0.39, 0.29) is 5.91 Å². The van der Waals surface area contributed by atoms with Crippen molar-refractivity contribution >= 4 is 16.8 Å². The second kappa shape index (κ2) is 7.49. The zero-order chi connectivity index (χ0) is 18.8. The molecule has 4 heteroatoms. The number of hydrogen-bond acceptors (Lipinski definition) is 3. The third kappa shape index (κ3) is 3.71. The highest BCUT2D eigenvalue weighted by atomic mass is 16.2. The molecule has 0 spiro atoms. The van der Waals surface area contributed by atoms with Gasteiger partial charge in [0, 0.05) is 43.8 Å². The Morgan fingerprint density at radius 1 is 0.963 bits per heavy atom. The highest BCUT2D eigenvalue weighted by Crippen LogP contribution is 2.21. The summed E-state index contributed by atoms with van der Waals surface area (Å²) in [6.07, 6.45) is 0. The Morgan fingerprint density at radius 3 is 2.44 bits per heavy atom. The van der Waals surface area contributed by atoms with E-state index in [0.29, 0.717) is 0 Å². The second-order valence-corrected chi connectivity index (χ2v) is 7.32. The van der Waals surface area contributed by atoms with Gasteiger partial charge in [-0.2, -0.15) is 0 Å². The first-order valence-corrected chi connectivity index (χ1v) is 9.54. The third-order valence-electron chi connectivity index (χ3n) is 5.39. The topological polar surface area (TPSA) is 36.4 Å². The van der Waals surface area contributed by atoms with Crippen LogP contribution in [0, 0.1) is 13.8 Å². The molecule has 0 saturated carbocycles. The number of pyridine rings is 1. The lowest BCUT2D eigenvalue weighted by atomic mass is 10.1. The van der Waals surface area contributed by atoms with Gasteiger partial charge in [-0.15, -0.1) is 0 Å². The largest absolute Gasteiger partial charge is 0.336 e. The molecule has 0 N–H and O–H groups in total. The minimum atomic E-state index is 0.118. The van der Waals surface area contributed by atoms with Crippen molar-refractivity contribution in [2.24, 2.45) is 0 Å². The Hall–Kier alpha value is -2.72. The molecule has 2 aromatic carbocycles. The average Bonchev–Trinajstić information content (AvgIpc) is 2.69. The predicted octanol–water partition coefficient (Wildman–Crippen LogP) is 3.81. The molecule has 1 fully saturated rings. The van der Waals surface area contributed by atoms with Crippen LogP contribution in [-0.2, 0) is 6.54 Å². The van der Waals surface area contributed by atoms with Crippen LogP contribution in [0.3, 0.4) is 0 Å². The van der Waals surface area contributed by atoms with Crippen molar-refractivity contribution in [3.05, 3.63) is 77.0 Å². The SMILES string of the molecule is Cc1cc(C(=O)N2CCN(Cc3ccccc3C)CC2)c2ccccc2n1. The Bertz CT molecular complexity index is 974. The van der Waals surface area contributed by atoms with E-state index in [1.165, 1.54) is 11.1 Å². The van der Waals surface area contributed by atoms with Crippen LogP contribution in [0.5, 0.6) is 0 Å². The first-order valence-electron chi connectivity index (χ1n) is 9.54. The minimum Gasteiger partial charge on any atom is -0.336 e. The molecule has 0 unspecified atom stereocenters. The van der Waals surface area contributed by atoms with Crippen LogP contribution < -0.4 is 0 Å². The monoisotopic (exact) mass is 359 g/mol. The summed E-state index contributed by atoms with van der Waals surface area (Å²) in [6, 6.07) is 18.3. The van der Waals surface area contributed by atoms with Gasteiger partial charge >= 0.3 is 0 Å². The normalized spacial score (nSPS) is 15.3. The molecule has 3 aromatic rings. The van der Waals surface area contributed by atoms with Crippen LogP contribution >= 0.6 is 0 Å². The molecular formula is C23H25N3O. The van der Waals surface area contributed by atoms with Gasteiger partial charge in [-0.1, -0.05) is 42.5 Å². The van der Waals surface area contributed by atoms with Crippen LogP contribution in [0.15, 0.2) is 54.6 Å². The van der Waals surface area contributed by atoms with Crippen molar-refractivity contribution in [1.29, 1.82) is 0 Å². The Balaban J connectivity index is 1.47. The fraction of sp³-hybridized carbons (Fsp3) is 0.304. The molecule has 1 amide bonds. The summed E-state index contributed by atoms with van der Waals surface area (Å²) in [5, 5.41) is 0.940. The summed E-state index contributed by atoms with van der Waals surface area (Å²) >= 11 is 0. The lowest BCUT2D eigenvalue weighted by Crippen LogP contribution is -2.48. The molecule has 1 saturated heterocycles. The molecule has 4 rings (SSSR count). The van der Waals surface area contributed by atoms with Crippen LogP contribution in [0.4, 0.5) is 0 Å². The number of piperazine rings is 1. The van der Waals surface area contributed by atoms with E-state index in [4.69, 9.17) is 0 Å². The number of amides is 1. The van der Waals surface area contributed by atoms with Crippen LogP contribution in [0.25, 0.3) is 10.9 Å². The fourth-order valence-corrected chi connectivity index (χ4v) is 3.79. The number of nitrogens with zero attached hydrogens (tertiary/aromatic N) is 3. The number of carbonyl (C=O) groups is 1. The summed E-state index contributed by atoms with van der Waals surface area (Å²) in [4.78, 5) is 22.1. The van der Waals surface area contributed by atoms with E-state index in [9.17, 15) is 4.79 Å². The quantitative estimate of drug-likeness (QED) is 0.713. The Labute approximate surface area is 160 Å². The van der Waals surface area contributed by atoms with Gasteiger partial charge in [0.2, 0.25) is 0 Å². The maximum Gasteiger partial charge on any atom is 0.254 e. The van der Waals surface area contributed by atoms with Crippen molar-refractivity contribution in [3.8, 4) is 0 Å². The molecule has 138 valence electrons. The van der Waals surface area contributed by atoms with Gasteiger partial charge in [0.15, 0.2) is 0 Å². The molecule has 2 heterocycles. The lowest BCUT2D eigenvalue weighted by Gasteiger charge is -2.35. The summed E-state index contributed by atoms with van der Waals surface area (Å²) in [7, 11) is 0. The summed E-state index contributed by atoms with van der Waals surface area (Å²) in [5.74, 6) is 0.118. The maximum absolute atomic E-state index is 13.2. The third-order valence-corrected chi connectivity index (χ3v) is 5.39. The number of rotatable bonds is 3. The second-order valence-electron chi connectivity index (χ2n) is 7.32. The van der Waals surface area contributed by atoms with Gasteiger partial charge in [0.05, 0.1) is 11.1 Å². The summed E-state index contributed by atoms with van der Waals surface area (Å²) in [6.45, 7) is 8.40. The Morgan fingerprint density at radius 2 is 1.67 bits per heavy atom. The molecule has 0 bridgehead atoms. The van der Waals surface area contributed by atoms with Crippen molar-refractivity contribution in [2.75, 3.05) is 26.2 Å². The zero-order valence-corrected chi connectivity index (χ0v) is 16.0. The highest BCUT2D eigenvalue weighted by Gasteiger charge is 2.24. The van der Waals surface area contributed by atoms with E-state index < -0.39 is 0 Å². The molecule has 0 atom stereocenters. The van der Waals surface area contributed by atoms with Gasteiger partial charge in [-0.25, -0.2) is 0 Å². The van der Waals surface area contributed by atoms with Gasteiger partial charge in [0.25, 0.3) is 5.91 Å². The van der Waals surface area contributed by atoms with Gasteiger partial charge < -0.3 is 4.90 Å². The van der Waals surface area contributed by atoms with E-state index in [1.54, 1.807) is 0 Å². The van der Waals surface area contributed by atoms with E-state index >= 15 is 0 Å². The molecule has 1 aromatic heterocycles. The molecule has 27 heavy (non-hydrogen) atoms. The molecule has 0 aliphatic carbocycles. The number of hydrogen-bond donors (Lipinski definition) is 0. The molecular weight excluding hydrogens is 334 g/mol.